The number of amides is 1. The number of halogens is 3. The quantitative estimate of drug-likeness (QED) is 0.389. The minimum absolute atomic E-state index is 0.000406. The first-order valence-corrected chi connectivity index (χ1v) is 11.3. The van der Waals surface area contributed by atoms with E-state index in [9.17, 15) is 27.9 Å². The second kappa shape index (κ2) is 10.5. The zero-order valence-electron chi connectivity index (χ0n) is 18.9. The molecule has 4 N–H and O–H groups in total. The number of carboxylic acid groups (broad SMARTS) is 1. The molecule has 0 radical (unpaired) electrons. The molecular weight excluding hydrogens is 463 g/mol. The van der Waals surface area contributed by atoms with Crippen LogP contribution in [0.4, 0.5) is 13.2 Å². The monoisotopic (exact) mass is 489 g/mol. The summed E-state index contributed by atoms with van der Waals surface area (Å²) in [7, 11) is 0. The van der Waals surface area contributed by atoms with Gasteiger partial charge in [-0.25, -0.2) is 13.6 Å². The number of nitrogens with zero attached hydrogens (tertiary/aromatic N) is 1. The number of rotatable bonds is 8. The third-order valence-electron chi connectivity index (χ3n) is 6.32. The SMILES string of the molecule is NCC(=O)N1CC2CC(c3ccc(CCCOc4c(F)ccc(F)c4F)cc3)=C(C(=O)O)C(C1)N2. The number of fused-ring (bicyclic) bond motifs is 2. The molecule has 1 saturated heterocycles. The highest BCUT2D eigenvalue weighted by Crippen LogP contribution is 2.33. The predicted octanol–water partition coefficient (Wildman–Crippen LogP) is 2.49. The molecule has 1 fully saturated rings. The van der Waals surface area contributed by atoms with Gasteiger partial charge in [0.05, 0.1) is 24.8 Å². The lowest BCUT2D eigenvalue weighted by molar-refractivity contribution is -0.135. The minimum Gasteiger partial charge on any atom is -0.488 e. The van der Waals surface area contributed by atoms with Gasteiger partial charge in [0.1, 0.15) is 0 Å². The number of carbonyl (C=O) groups is 2. The molecular formula is C25H26F3N3O4. The minimum atomic E-state index is -1.35. The van der Waals surface area contributed by atoms with Crippen LogP contribution in [0.1, 0.15) is 24.0 Å². The van der Waals surface area contributed by atoms with Crippen molar-refractivity contribution in [2.75, 3.05) is 26.2 Å². The number of nitrogens with two attached hydrogens (primary N) is 1. The summed E-state index contributed by atoms with van der Waals surface area (Å²) in [5, 5.41) is 13.2. The molecule has 0 saturated carbocycles. The van der Waals surface area contributed by atoms with E-state index in [4.69, 9.17) is 10.5 Å². The number of carboxylic acids is 1. The first-order valence-electron chi connectivity index (χ1n) is 11.3. The van der Waals surface area contributed by atoms with E-state index in [1.807, 2.05) is 24.3 Å². The van der Waals surface area contributed by atoms with Crippen LogP contribution in [0, 0.1) is 17.5 Å². The number of ether oxygens (including phenoxy) is 1. The molecule has 1 amide bonds. The van der Waals surface area contributed by atoms with E-state index in [1.54, 1.807) is 4.90 Å². The average Bonchev–Trinajstić information content (AvgIpc) is 2.85. The first kappa shape index (κ1) is 24.7. The van der Waals surface area contributed by atoms with Gasteiger partial charge in [-0.05, 0) is 48.1 Å². The largest absolute Gasteiger partial charge is 0.488 e. The summed E-state index contributed by atoms with van der Waals surface area (Å²) < 4.78 is 45.7. The lowest BCUT2D eigenvalue weighted by atomic mass is 9.83. The predicted molar refractivity (Wildman–Crippen MR) is 122 cm³/mol. The zero-order valence-corrected chi connectivity index (χ0v) is 18.9. The van der Waals surface area contributed by atoms with Crippen molar-refractivity contribution in [3.05, 3.63) is 70.5 Å². The van der Waals surface area contributed by atoms with Crippen LogP contribution in [-0.4, -0.2) is 60.2 Å². The van der Waals surface area contributed by atoms with Crippen molar-refractivity contribution in [2.24, 2.45) is 5.73 Å². The number of carbonyl (C=O) groups excluding carboxylic acids is 1. The fraction of sp³-hybridized carbons (Fsp3) is 0.360. The number of hydrogen-bond donors (Lipinski definition) is 3. The molecule has 2 aromatic rings. The second-order valence-corrected chi connectivity index (χ2v) is 8.64. The van der Waals surface area contributed by atoms with E-state index in [2.05, 4.69) is 5.32 Å². The van der Waals surface area contributed by atoms with E-state index >= 15 is 0 Å². The van der Waals surface area contributed by atoms with Gasteiger partial charge in [-0.2, -0.15) is 4.39 Å². The maximum Gasteiger partial charge on any atom is 0.333 e. The van der Waals surface area contributed by atoms with Gasteiger partial charge >= 0.3 is 5.97 Å². The summed E-state index contributed by atoms with van der Waals surface area (Å²) in [6.07, 6.45) is 1.45. The first-order chi connectivity index (χ1) is 16.8. The van der Waals surface area contributed by atoms with E-state index in [0.29, 0.717) is 31.9 Å². The van der Waals surface area contributed by atoms with Gasteiger partial charge in [-0.1, -0.05) is 24.3 Å². The smallest absolute Gasteiger partial charge is 0.333 e. The molecule has 10 heteroatoms. The molecule has 0 aliphatic carbocycles. The molecule has 2 aliphatic heterocycles. The summed E-state index contributed by atoms with van der Waals surface area (Å²) in [6.45, 7) is 0.604. The van der Waals surface area contributed by atoms with Gasteiger partial charge in [0, 0.05) is 19.1 Å². The Morgan fingerprint density at radius 1 is 1.09 bits per heavy atom. The van der Waals surface area contributed by atoms with Crippen molar-refractivity contribution in [3.8, 4) is 5.75 Å². The van der Waals surface area contributed by atoms with Gasteiger partial charge < -0.3 is 25.8 Å². The summed E-state index contributed by atoms with van der Waals surface area (Å²) in [5.74, 6) is -5.44. The normalized spacial score (nSPS) is 19.6. The molecule has 2 heterocycles. The summed E-state index contributed by atoms with van der Waals surface area (Å²) in [6, 6.07) is 8.41. The maximum atomic E-state index is 13.7. The standard InChI is InChI=1S/C25H26F3N3O4/c26-18-7-8-19(27)24(23(18)28)35-9-1-2-14-3-5-15(6-4-14)17-10-16-12-31(21(32)11-29)13-20(30-16)22(17)25(33)34/h3-8,16,20,30H,1-2,9-13,29H2,(H,33,34). The Hall–Kier alpha value is -3.37. The number of piperazine rings is 1. The number of hydrogen-bond acceptors (Lipinski definition) is 5. The molecule has 0 aromatic heterocycles. The number of nitrogens with one attached hydrogen (secondary N) is 1. The zero-order chi connectivity index (χ0) is 25.1. The molecule has 4 rings (SSSR count). The Morgan fingerprint density at radius 3 is 2.49 bits per heavy atom. The van der Waals surface area contributed by atoms with E-state index in [0.717, 1.165) is 22.8 Å². The van der Waals surface area contributed by atoms with Crippen LogP contribution in [0.3, 0.4) is 0 Å². The van der Waals surface area contributed by atoms with Crippen molar-refractivity contribution < 1.29 is 32.6 Å². The van der Waals surface area contributed by atoms with Crippen LogP contribution in [-0.2, 0) is 16.0 Å². The maximum absolute atomic E-state index is 13.7. The van der Waals surface area contributed by atoms with Crippen molar-refractivity contribution in [2.45, 2.75) is 31.3 Å². The molecule has 7 nitrogen and oxygen atoms in total. The Labute approximate surface area is 200 Å². The average molecular weight is 489 g/mol. The molecule has 186 valence electrons. The lowest BCUT2D eigenvalue weighted by Gasteiger charge is -2.43. The third-order valence-corrected chi connectivity index (χ3v) is 6.32. The van der Waals surface area contributed by atoms with Crippen LogP contribution < -0.4 is 15.8 Å². The van der Waals surface area contributed by atoms with Crippen molar-refractivity contribution >= 4 is 17.4 Å². The number of benzene rings is 2. The molecule has 2 bridgehead atoms. The molecule has 0 spiro atoms. The van der Waals surface area contributed by atoms with Crippen LogP contribution >= 0.6 is 0 Å². The molecule has 2 aliphatic rings. The topological polar surface area (TPSA) is 105 Å². The molecule has 2 atom stereocenters. The van der Waals surface area contributed by atoms with Crippen LogP contribution in [0.15, 0.2) is 42.0 Å². The summed E-state index contributed by atoms with van der Waals surface area (Å²) >= 11 is 0. The van der Waals surface area contributed by atoms with Gasteiger partial charge in [0.15, 0.2) is 17.4 Å². The highest BCUT2D eigenvalue weighted by Gasteiger charge is 2.39. The lowest BCUT2D eigenvalue weighted by Crippen LogP contribution is -2.62. The highest BCUT2D eigenvalue weighted by molar-refractivity contribution is 5.98. The molecule has 35 heavy (non-hydrogen) atoms. The van der Waals surface area contributed by atoms with Gasteiger partial charge in [0.25, 0.3) is 0 Å². The summed E-state index contributed by atoms with van der Waals surface area (Å²) in [4.78, 5) is 25.8. The highest BCUT2D eigenvalue weighted by atomic mass is 19.2. The van der Waals surface area contributed by atoms with Gasteiger partial charge in [0.2, 0.25) is 11.7 Å². The molecule has 2 unspecified atom stereocenters. The Balaban J connectivity index is 1.42. The van der Waals surface area contributed by atoms with Gasteiger partial charge in [-0.3, -0.25) is 4.79 Å². The van der Waals surface area contributed by atoms with E-state index < -0.39 is 35.2 Å². The number of aliphatic carboxylic acids is 1. The number of aryl methyl sites for hydroxylation is 1. The summed E-state index contributed by atoms with van der Waals surface area (Å²) in [5.41, 5.74) is 8.18. The van der Waals surface area contributed by atoms with Crippen LogP contribution in [0.5, 0.6) is 5.75 Å². The van der Waals surface area contributed by atoms with E-state index in [-0.39, 0.29) is 37.2 Å². The van der Waals surface area contributed by atoms with Crippen molar-refractivity contribution in [3.63, 3.8) is 0 Å². The second-order valence-electron chi connectivity index (χ2n) is 8.64. The van der Waals surface area contributed by atoms with Crippen molar-refractivity contribution in [1.29, 1.82) is 0 Å². The van der Waals surface area contributed by atoms with E-state index in [1.165, 1.54) is 0 Å². The van der Waals surface area contributed by atoms with Crippen LogP contribution in [0.2, 0.25) is 0 Å². The van der Waals surface area contributed by atoms with Gasteiger partial charge in [-0.15, -0.1) is 0 Å². The van der Waals surface area contributed by atoms with Crippen LogP contribution in [0.25, 0.3) is 5.57 Å². The Morgan fingerprint density at radius 2 is 1.80 bits per heavy atom. The van der Waals surface area contributed by atoms with Crippen molar-refractivity contribution in [1.82, 2.24) is 10.2 Å². The third kappa shape index (κ3) is 5.33. The Bertz CT molecular complexity index is 1150. The fourth-order valence-corrected chi connectivity index (χ4v) is 4.66. The fourth-order valence-electron chi connectivity index (χ4n) is 4.66. The Kier molecular flexibility index (Phi) is 7.42. The molecule has 2 aromatic carbocycles.